The molecule has 9 heteroatoms. The van der Waals surface area contributed by atoms with Gasteiger partial charge in [-0.15, -0.1) is 0 Å². The molecule has 0 saturated heterocycles. The van der Waals surface area contributed by atoms with Crippen molar-refractivity contribution < 1.29 is 18.0 Å². The second-order valence-electron chi connectivity index (χ2n) is 7.75. The van der Waals surface area contributed by atoms with E-state index in [1.165, 1.54) is 18.0 Å². The van der Waals surface area contributed by atoms with Gasteiger partial charge in [0.2, 0.25) is 21.8 Å². The summed E-state index contributed by atoms with van der Waals surface area (Å²) in [4.78, 5) is 27.5. The van der Waals surface area contributed by atoms with Crippen LogP contribution in [0.5, 0.6) is 0 Å². The summed E-state index contributed by atoms with van der Waals surface area (Å²) in [5.41, 5.74) is 2.87. The fourth-order valence-corrected chi connectivity index (χ4v) is 4.60. The van der Waals surface area contributed by atoms with Gasteiger partial charge >= 0.3 is 0 Å². The Morgan fingerprint density at radius 1 is 1.12 bits per heavy atom. The summed E-state index contributed by atoms with van der Waals surface area (Å²) in [7, 11) is -2.28. The van der Waals surface area contributed by atoms with Crippen molar-refractivity contribution in [2.45, 2.75) is 39.8 Å². The lowest BCUT2D eigenvalue weighted by Crippen LogP contribution is -2.51. The molecular formula is C23H30ClN3O4S. The zero-order chi connectivity index (χ0) is 24.1. The Kier molecular flexibility index (Phi) is 8.69. The van der Waals surface area contributed by atoms with Crippen LogP contribution in [-0.4, -0.2) is 51.0 Å². The van der Waals surface area contributed by atoms with Crippen LogP contribution in [0.15, 0.2) is 42.5 Å². The van der Waals surface area contributed by atoms with Crippen molar-refractivity contribution in [2.24, 2.45) is 0 Å². The Morgan fingerprint density at radius 3 is 2.38 bits per heavy atom. The molecular weight excluding hydrogens is 450 g/mol. The Morgan fingerprint density at radius 2 is 1.81 bits per heavy atom. The zero-order valence-corrected chi connectivity index (χ0v) is 20.6. The van der Waals surface area contributed by atoms with E-state index in [0.717, 1.165) is 21.7 Å². The number of hydrogen-bond acceptors (Lipinski definition) is 4. The molecule has 0 aliphatic rings. The average molecular weight is 480 g/mol. The van der Waals surface area contributed by atoms with Gasteiger partial charge in [-0.1, -0.05) is 54.4 Å². The van der Waals surface area contributed by atoms with Gasteiger partial charge in [0, 0.05) is 18.6 Å². The minimum atomic E-state index is -3.80. The van der Waals surface area contributed by atoms with E-state index < -0.39 is 28.5 Å². The van der Waals surface area contributed by atoms with Gasteiger partial charge in [0.25, 0.3) is 0 Å². The number of benzene rings is 2. The first-order valence-electron chi connectivity index (χ1n) is 10.3. The predicted molar refractivity (Wildman–Crippen MR) is 128 cm³/mol. The maximum atomic E-state index is 13.5. The van der Waals surface area contributed by atoms with Crippen LogP contribution in [0.3, 0.4) is 0 Å². The minimum Gasteiger partial charge on any atom is -0.357 e. The number of anilines is 1. The van der Waals surface area contributed by atoms with Gasteiger partial charge in [0.1, 0.15) is 12.6 Å². The molecule has 0 aromatic heterocycles. The molecule has 7 nitrogen and oxygen atoms in total. The Hall–Kier alpha value is -2.58. The summed E-state index contributed by atoms with van der Waals surface area (Å²) in [5, 5.41) is 2.96. The molecule has 0 radical (unpaired) electrons. The number of likely N-dealkylation sites (N-methyl/N-ethyl adjacent to an activating group) is 1. The number of halogens is 1. The molecule has 2 aromatic carbocycles. The number of carbonyl (C=O) groups is 2. The fourth-order valence-electron chi connectivity index (χ4n) is 3.54. The molecule has 0 bridgehead atoms. The second kappa shape index (κ2) is 10.8. The number of sulfonamides is 1. The fraction of sp³-hybridized carbons (Fsp3) is 0.391. The van der Waals surface area contributed by atoms with Crippen molar-refractivity contribution >= 4 is 39.1 Å². The van der Waals surface area contributed by atoms with Crippen molar-refractivity contribution in [1.82, 2.24) is 10.2 Å². The number of amides is 2. The standard InChI is InChI=1S/C23H30ClN3O4S/c1-6-20(23(29)25-4)26(14-18-9-7-8-16(2)12-18)22(28)15-27(32(5,30)31)21-13-19(24)11-10-17(21)3/h7-13,20H,6,14-15H2,1-5H3,(H,25,29). The Balaban J connectivity index is 2.47. The highest BCUT2D eigenvalue weighted by atomic mass is 35.5. The summed E-state index contributed by atoms with van der Waals surface area (Å²) in [5.74, 6) is -0.787. The highest BCUT2D eigenvalue weighted by molar-refractivity contribution is 7.92. The maximum absolute atomic E-state index is 13.5. The first kappa shape index (κ1) is 25.7. The lowest BCUT2D eigenvalue weighted by atomic mass is 10.1. The van der Waals surface area contributed by atoms with Gasteiger partial charge < -0.3 is 10.2 Å². The Labute approximate surface area is 195 Å². The molecule has 32 heavy (non-hydrogen) atoms. The van der Waals surface area contributed by atoms with Gasteiger partial charge in [0.05, 0.1) is 11.9 Å². The van der Waals surface area contributed by atoms with Crippen molar-refractivity contribution in [3.05, 3.63) is 64.2 Å². The van der Waals surface area contributed by atoms with Crippen LogP contribution in [0.2, 0.25) is 5.02 Å². The van der Waals surface area contributed by atoms with Crippen LogP contribution in [0, 0.1) is 13.8 Å². The monoisotopic (exact) mass is 479 g/mol. The maximum Gasteiger partial charge on any atom is 0.244 e. The number of aryl methyl sites for hydroxylation is 2. The summed E-state index contributed by atoms with van der Waals surface area (Å²) in [6.45, 7) is 5.24. The molecule has 2 aromatic rings. The van der Waals surface area contributed by atoms with Crippen molar-refractivity contribution in [1.29, 1.82) is 0 Å². The van der Waals surface area contributed by atoms with Crippen molar-refractivity contribution in [3.63, 3.8) is 0 Å². The Bertz CT molecular complexity index is 1090. The van der Waals surface area contributed by atoms with E-state index in [1.807, 2.05) is 38.1 Å². The summed E-state index contributed by atoms with van der Waals surface area (Å²) < 4.78 is 26.3. The van der Waals surface area contributed by atoms with E-state index in [4.69, 9.17) is 11.6 Å². The lowest BCUT2D eigenvalue weighted by Gasteiger charge is -2.33. The number of carbonyl (C=O) groups excluding carboxylic acids is 2. The van der Waals surface area contributed by atoms with E-state index in [2.05, 4.69) is 5.32 Å². The van der Waals surface area contributed by atoms with Crippen LogP contribution >= 0.6 is 11.6 Å². The topological polar surface area (TPSA) is 86.8 Å². The van der Waals surface area contributed by atoms with Gasteiger partial charge in [-0.2, -0.15) is 0 Å². The van der Waals surface area contributed by atoms with Gasteiger partial charge in [0.15, 0.2) is 0 Å². The molecule has 0 aliphatic heterocycles. The molecule has 0 fully saturated rings. The first-order valence-corrected chi connectivity index (χ1v) is 12.5. The quantitative estimate of drug-likeness (QED) is 0.598. The van der Waals surface area contributed by atoms with Crippen molar-refractivity contribution in [2.75, 3.05) is 24.2 Å². The molecule has 2 rings (SSSR count). The third kappa shape index (κ3) is 6.46. The van der Waals surface area contributed by atoms with E-state index >= 15 is 0 Å². The zero-order valence-electron chi connectivity index (χ0n) is 19.1. The highest BCUT2D eigenvalue weighted by Gasteiger charge is 2.31. The van der Waals surface area contributed by atoms with Crippen LogP contribution < -0.4 is 9.62 Å². The van der Waals surface area contributed by atoms with E-state index in [0.29, 0.717) is 22.7 Å². The lowest BCUT2D eigenvalue weighted by molar-refractivity contribution is -0.140. The molecule has 1 N–H and O–H groups in total. The molecule has 2 amide bonds. The van der Waals surface area contributed by atoms with Crippen LogP contribution in [0.4, 0.5) is 5.69 Å². The van der Waals surface area contributed by atoms with E-state index in [-0.39, 0.29) is 12.5 Å². The van der Waals surface area contributed by atoms with Crippen LogP contribution in [0.1, 0.15) is 30.0 Å². The number of nitrogens with zero attached hydrogens (tertiary/aromatic N) is 2. The van der Waals surface area contributed by atoms with Crippen LogP contribution in [0.25, 0.3) is 0 Å². The molecule has 1 atom stereocenters. The third-order valence-corrected chi connectivity index (χ3v) is 6.55. The molecule has 0 saturated carbocycles. The van der Waals surface area contributed by atoms with Crippen LogP contribution in [-0.2, 0) is 26.2 Å². The summed E-state index contributed by atoms with van der Waals surface area (Å²) in [6.07, 6.45) is 1.42. The molecule has 1 unspecified atom stereocenters. The largest absolute Gasteiger partial charge is 0.357 e. The normalized spacial score (nSPS) is 12.2. The number of hydrogen-bond donors (Lipinski definition) is 1. The van der Waals surface area contributed by atoms with Gasteiger partial charge in [-0.3, -0.25) is 13.9 Å². The first-order chi connectivity index (χ1) is 15.0. The number of nitrogens with one attached hydrogen (secondary N) is 1. The molecule has 0 aliphatic carbocycles. The second-order valence-corrected chi connectivity index (χ2v) is 10.1. The summed E-state index contributed by atoms with van der Waals surface area (Å²) >= 11 is 6.10. The van der Waals surface area contributed by atoms with Gasteiger partial charge in [-0.25, -0.2) is 8.42 Å². The molecule has 0 spiro atoms. The minimum absolute atomic E-state index is 0.179. The van der Waals surface area contributed by atoms with E-state index in [1.54, 1.807) is 19.1 Å². The summed E-state index contributed by atoms with van der Waals surface area (Å²) in [6, 6.07) is 11.8. The van der Waals surface area contributed by atoms with E-state index in [9.17, 15) is 18.0 Å². The number of rotatable bonds is 9. The van der Waals surface area contributed by atoms with Gasteiger partial charge in [-0.05, 0) is 43.5 Å². The highest BCUT2D eigenvalue weighted by Crippen LogP contribution is 2.27. The molecule has 174 valence electrons. The third-order valence-electron chi connectivity index (χ3n) is 5.19. The predicted octanol–water partition coefficient (Wildman–Crippen LogP) is 3.28. The molecule has 0 heterocycles. The average Bonchev–Trinajstić information content (AvgIpc) is 2.72. The smallest absolute Gasteiger partial charge is 0.244 e. The SMILES string of the molecule is CCC(C(=O)NC)N(Cc1cccc(C)c1)C(=O)CN(c1cc(Cl)ccc1C)S(C)(=O)=O. The van der Waals surface area contributed by atoms with Crippen molar-refractivity contribution in [3.8, 4) is 0 Å².